The third kappa shape index (κ3) is 1.37. The van der Waals surface area contributed by atoms with Crippen molar-refractivity contribution < 1.29 is 4.42 Å². The standard InChI is InChI=1S/C18H17NO/c1-18(2,19-3)13-9-10-15-17-12(13)8-7-11-5-4-6-14(20-15)16(11)17/h4-10,19H,1-3H3. The van der Waals surface area contributed by atoms with E-state index in [4.69, 9.17) is 4.42 Å². The van der Waals surface area contributed by atoms with Gasteiger partial charge in [-0.3, -0.25) is 0 Å². The molecule has 2 nitrogen and oxygen atoms in total. The highest BCUT2D eigenvalue weighted by Crippen LogP contribution is 2.40. The van der Waals surface area contributed by atoms with Crippen molar-refractivity contribution in [1.29, 1.82) is 0 Å². The predicted octanol–water partition coefficient (Wildman–Crippen LogP) is 4.63. The molecular weight excluding hydrogens is 246 g/mol. The van der Waals surface area contributed by atoms with Crippen molar-refractivity contribution in [1.82, 2.24) is 5.32 Å². The van der Waals surface area contributed by atoms with Crippen LogP contribution in [0.2, 0.25) is 0 Å². The van der Waals surface area contributed by atoms with Gasteiger partial charge in [0, 0.05) is 16.3 Å². The van der Waals surface area contributed by atoms with E-state index in [-0.39, 0.29) is 5.54 Å². The number of hydrogen-bond donors (Lipinski definition) is 1. The van der Waals surface area contributed by atoms with E-state index in [9.17, 15) is 0 Å². The van der Waals surface area contributed by atoms with Crippen molar-refractivity contribution in [2.24, 2.45) is 0 Å². The summed E-state index contributed by atoms with van der Waals surface area (Å²) >= 11 is 0. The van der Waals surface area contributed by atoms with Gasteiger partial charge in [-0.2, -0.15) is 0 Å². The summed E-state index contributed by atoms with van der Waals surface area (Å²) in [5.74, 6) is 0. The first-order valence-electron chi connectivity index (χ1n) is 6.97. The van der Waals surface area contributed by atoms with Crippen molar-refractivity contribution in [2.45, 2.75) is 19.4 Å². The quantitative estimate of drug-likeness (QED) is 0.533. The summed E-state index contributed by atoms with van der Waals surface area (Å²) in [6, 6.07) is 14.9. The van der Waals surface area contributed by atoms with E-state index < -0.39 is 0 Å². The first kappa shape index (κ1) is 11.7. The summed E-state index contributed by atoms with van der Waals surface area (Å²) in [4.78, 5) is 0. The number of benzene rings is 3. The number of furan rings is 1. The van der Waals surface area contributed by atoms with Gasteiger partial charge in [-0.25, -0.2) is 0 Å². The topological polar surface area (TPSA) is 25.2 Å². The molecule has 1 heterocycles. The Bertz CT molecular complexity index is 917. The Hall–Kier alpha value is -2.06. The van der Waals surface area contributed by atoms with Crippen LogP contribution in [0.3, 0.4) is 0 Å². The van der Waals surface area contributed by atoms with Gasteiger partial charge in [-0.15, -0.1) is 0 Å². The third-order valence-electron chi connectivity index (χ3n) is 4.46. The Balaban J connectivity index is 2.24. The minimum atomic E-state index is -0.0657. The van der Waals surface area contributed by atoms with E-state index in [1.54, 1.807) is 0 Å². The van der Waals surface area contributed by atoms with Crippen molar-refractivity contribution in [2.75, 3.05) is 7.05 Å². The van der Waals surface area contributed by atoms with Gasteiger partial charge in [0.05, 0.1) is 0 Å². The molecule has 0 saturated carbocycles. The second kappa shape index (κ2) is 3.74. The molecule has 0 atom stereocenters. The molecule has 0 unspecified atom stereocenters. The van der Waals surface area contributed by atoms with Crippen LogP contribution in [0, 0.1) is 0 Å². The van der Waals surface area contributed by atoms with E-state index in [0.717, 1.165) is 11.2 Å². The van der Waals surface area contributed by atoms with Crippen molar-refractivity contribution in [3.8, 4) is 0 Å². The monoisotopic (exact) mass is 263 g/mol. The van der Waals surface area contributed by atoms with Gasteiger partial charge in [0.1, 0.15) is 11.2 Å². The normalized spacial score (nSPS) is 12.9. The van der Waals surface area contributed by atoms with Crippen molar-refractivity contribution in [3.05, 3.63) is 48.0 Å². The van der Waals surface area contributed by atoms with Gasteiger partial charge in [-0.05, 0) is 49.4 Å². The summed E-state index contributed by atoms with van der Waals surface area (Å²) in [7, 11) is 2.00. The molecular formula is C18H17NO. The van der Waals surface area contributed by atoms with Crippen LogP contribution in [0.15, 0.2) is 46.9 Å². The maximum atomic E-state index is 5.99. The Labute approximate surface area is 117 Å². The van der Waals surface area contributed by atoms with Crippen LogP contribution >= 0.6 is 0 Å². The number of rotatable bonds is 2. The summed E-state index contributed by atoms with van der Waals surface area (Å²) in [5.41, 5.74) is 3.19. The van der Waals surface area contributed by atoms with Gasteiger partial charge in [0.15, 0.2) is 0 Å². The number of nitrogens with one attached hydrogen (secondary N) is 1. The van der Waals surface area contributed by atoms with E-state index in [1.807, 2.05) is 19.2 Å². The zero-order valence-electron chi connectivity index (χ0n) is 11.9. The van der Waals surface area contributed by atoms with E-state index in [0.29, 0.717) is 0 Å². The van der Waals surface area contributed by atoms with Gasteiger partial charge < -0.3 is 9.73 Å². The summed E-state index contributed by atoms with van der Waals surface area (Å²) in [6.07, 6.45) is 0. The van der Waals surface area contributed by atoms with Crippen molar-refractivity contribution >= 4 is 32.7 Å². The Morgan fingerprint density at radius 1 is 0.900 bits per heavy atom. The smallest absolute Gasteiger partial charge is 0.136 e. The largest absolute Gasteiger partial charge is 0.456 e. The Morgan fingerprint density at radius 2 is 1.70 bits per heavy atom. The van der Waals surface area contributed by atoms with Gasteiger partial charge in [0.2, 0.25) is 0 Å². The maximum Gasteiger partial charge on any atom is 0.136 e. The molecule has 2 heteroatoms. The predicted molar refractivity (Wildman–Crippen MR) is 84.5 cm³/mol. The molecule has 0 bridgehead atoms. The summed E-state index contributed by atoms with van der Waals surface area (Å²) < 4.78 is 5.99. The van der Waals surface area contributed by atoms with Crippen LogP contribution in [-0.4, -0.2) is 7.05 Å². The van der Waals surface area contributed by atoms with Crippen LogP contribution in [0.4, 0.5) is 0 Å². The second-order valence-corrected chi connectivity index (χ2v) is 5.93. The zero-order valence-corrected chi connectivity index (χ0v) is 11.9. The fourth-order valence-electron chi connectivity index (χ4n) is 3.13. The average molecular weight is 263 g/mol. The molecule has 4 aromatic rings. The minimum Gasteiger partial charge on any atom is -0.456 e. The van der Waals surface area contributed by atoms with Crippen LogP contribution in [0.25, 0.3) is 32.7 Å². The molecule has 0 saturated heterocycles. The lowest BCUT2D eigenvalue weighted by Crippen LogP contribution is -2.33. The summed E-state index contributed by atoms with van der Waals surface area (Å²) in [6.45, 7) is 4.41. The fraction of sp³-hybridized carbons (Fsp3) is 0.222. The Morgan fingerprint density at radius 3 is 2.50 bits per heavy atom. The second-order valence-electron chi connectivity index (χ2n) is 5.93. The molecule has 0 spiro atoms. The number of hydrogen-bond acceptors (Lipinski definition) is 2. The fourth-order valence-corrected chi connectivity index (χ4v) is 3.13. The van der Waals surface area contributed by atoms with Crippen LogP contribution in [-0.2, 0) is 5.54 Å². The molecule has 0 aliphatic heterocycles. The highest BCUT2D eigenvalue weighted by atomic mass is 16.3. The molecule has 4 rings (SSSR count). The van der Waals surface area contributed by atoms with Gasteiger partial charge >= 0.3 is 0 Å². The lowest BCUT2D eigenvalue weighted by Gasteiger charge is -2.26. The van der Waals surface area contributed by atoms with Gasteiger partial charge in [0.25, 0.3) is 0 Å². The summed E-state index contributed by atoms with van der Waals surface area (Å²) in [5, 5.41) is 8.41. The highest BCUT2D eigenvalue weighted by Gasteiger charge is 2.23. The van der Waals surface area contributed by atoms with E-state index >= 15 is 0 Å². The zero-order chi connectivity index (χ0) is 13.9. The average Bonchev–Trinajstić information content (AvgIpc) is 2.84. The lowest BCUT2D eigenvalue weighted by molar-refractivity contribution is 0.448. The van der Waals surface area contributed by atoms with Crippen LogP contribution < -0.4 is 5.32 Å². The van der Waals surface area contributed by atoms with E-state index in [2.05, 4.69) is 49.5 Å². The molecule has 0 amide bonds. The SMILES string of the molecule is CNC(C)(C)c1ccc2oc3cccc4ccc1c2c43. The molecule has 0 radical (unpaired) electrons. The van der Waals surface area contributed by atoms with Crippen molar-refractivity contribution in [3.63, 3.8) is 0 Å². The molecule has 0 aliphatic carbocycles. The molecule has 1 N–H and O–H groups in total. The van der Waals surface area contributed by atoms with Crippen LogP contribution in [0.1, 0.15) is 19.4 Å². The molecule has 0 aliphatic rings. The molecule has 100 valence electrons. The first-order chi connectivity index (χ1) is 9.62. The molecule has 1 aromatic heterocycles. The molecule has 0 fully saturated rings. The molecule has 3 aromatic carbocycles. The highest BCUT2D eigenvalue weighted by molar-refractivity contribution is 6.22. The third-order valence-corrected chi connectivity index (χ3v) is 4.46. The van der Waals surface area contributed by atoms with Gasteiger partial charge in [-0.1, -0.05) is 30.3 Å². The van der Waals surface area contributed by atoms with Crippen LogP contribution in [0.5, 0.6) is 0 Å². The van der Waals surface area contributed by atoms with E-state index in [1.165, 1.54) is 27.1 Å². The lowest BCUT2D eigenvalue weighted by atomic mass is 9.88. The molecule has 20 heavy (non-hydrogen) atoms. The maximum absolute atomic E-state index is 5.99. The Kier molecular flexibility index (Phi) is 2.19. The first-order valence-corrected chi connectivity index (χ1v) is 6.97. The minimum absolute atomic E-state index is 0.0657.